The summed E-state index contributed by atoms with van der Waals surface area (Å²) < 4.78 is 0. The number of anilines is 1. The molecular formula is C10H10N4O2S. The minimum Gasteiger partial charge on any atom is -0.387 e. The SMILES string of the molecule is CC(O)c1csc(NC(=O)c2cncnc2)n1. The second-order valence-electron chi connectivity index (χ2n) is 3.33. The van der Waals surface area contributed by atoms with E-state index >= 15 is 0 Å². The minimum absolute atomic E-state index is 0.322. The Morgan fingerprint density at radius 2 is 2.18 bits per heavy atom. The molecule has 7 heteroatoms. The summed E-state index contributed by atoms with van der Waals surface area (Å²) in [5.41, 5.74) is 0.899. The molecule has 0 aliphatic heterocycles. The van der Waals surface area contributed by atoms with E-state index in [4.69, 9.17) is 0 Å². The van der Waals surface area contributed by atoms with Crippen molar-refractivity contribution in [2.75, 3.05) is 5.32 Å². The van der Waals surface area contributed by atoms with E-state index < -0.39 is 6.10 Å². The van der Waals surface area contributed by atoms with Gasteiger partial charge in [-0.05, 0) is 6.92 Å². The number of hydrogen-bond donors (Lipinski definition) is 2. The molecule has 0 aliphatic rings. The lowest BCUT2D eigenvalue weighted by atomic mass is 10.3. The second kappa shape index (κ2) is 4.98. The van der Waals surface area contributed by atoms with Crippen LogP contribution < -0.4 is 5.32 Å². The monoisotopic (exact) mass is 250 g/mol. The van der Waals surface area contributed by atoms with Crippen LogP contribution in [0.4, 0.5) is 5.13 Å². The maximum atomic E-state index is 11.7. The lowest BCUT2D eigenvalue weighted by Gasteiger charge is -2.00. The summed E-state index contributed by atoms with van der Waals surface area (Å²) in [5.74, 6) is -0.322. The average molecular weight is 250 g/mol. The second-order valence-corrected chi connectivity index (χ2v) is 4.19. The first-order chi connectivity index (χ1) is 8.16. The summed E-state index contributed by atoms with van der Waals surface area (Å²) in [6.07, 6.45) is 3.56. The zero-order valence-corrected chi connectivity index (χ0v) is 9.81. The standard InChI is InChI=1S/C10H10N4O2S/c1-6(15)8-4-17-10(13-8)14-9(16)7-2-11-5-12-3-7/h2-6,15H,1H3,(H,13,14,16). The zero-order valence-electron chi connectivity index (χ0n) is 8.99. The number of nitrogens with zero attached hydrogens (tertiary/aromatic N) is 3. The van der Waals surface area contributed by atoms with Crippen LogP contribution in [-0.2, 0) is 0 Å². The van der Waals surface area contributed by atoms with Gasteiger partial charge < -0.3 is 5.11 Å². The van der Waals surface area contributed by atoms with Crippen molar-refractivity contribution < 1.29 is 9.90 Å². The Bertz CT molecular complexity index is 512. The van der Waals surface area contributed by atoms with Crippen molar-refractivity contribution in [3.8, 4) is 0 Å². The molecule has 6 nitrogen and oxygen atoms in total. The van der Waals surface area contributed by atoms with Crippen LogP contribution in [0.15, 0.2) is 24.1 Å². The fourth-order valence-corrected chi connectivity index (χ4v) is 1.91. The molecule has 0 radical (unpaired) electrons. The van der Waals surface area contributed by atoms with Crippen molar-refractivity contribution in [1.82, 2.24) is 15.0 Å². The van der Waals surface area contributed by atoms with E-state index in [9.17, 15) is 9.90 Å². The van der Waals surface area contributed by atoms with Gasteiger partial charge in [-0.2, -0.15) is 0 Å². The van der Waals surface area contributed by atoms with E-state index in [1.165, 1.54) is 30.1 Å². The number of aromatic nitrogens is 3. The highest BCUT2D eigenvalue weighted by Gasteiger charge is 2.11. The summed E-state index contributed by atoms with van der Waals surface area (Å²) in [4.78, 5) is 23.3. The van der Waals surface area contributed by atoms with Crippen molar-refractivity contribution in [2.45, 2.75) is 13.0 Å². The third-order valence-electron chi connectivity index (χ3n) is 1.99. The number of hydrogen-bond acceptors (Lipinski definition) is 6. The summed E-state index contributed by atoms with van der Waals surface area (Å²) >= 11 is 1.26. The van der Waals surface area contributed by atoms with Gasteiger partial charge in [0.25, 0.3) is 5.91 Å². The van der Waals surface area contributed by atoms with Gasteiger partial charge in [-0.3, -0.25) is 10.1 Å². The van der Waals surface area contributed by atoms with Crippen molar-refractivity contribution in [2.24, 2.45) is 0 Å². The highest BCUT2D eigenvalue weighted by molar-refractivity contribution is 7.14. The predicted octanol–water partition coefficient (Wildman–Crippen LogP) is 1.24. The van der Waals surface area contributed by atoms with Crippen LogP contribution in [0, 0.1) is 0 Å². The molecule has 0 bridgehead atoms. The molecule has 0 saturated carbocycles. The van der Waals surface area contributed by atoms with Gasteiger partial charge in [-0.25, -0.2) is 15.0 Å². The number of nitrogens with one attached hydrogen (secondary N) is 1. The Labute approximate surface area is 101 Å². The average Bonchev–Trinajstić information content (AvgIpc) is 2.79. The summed E-state index contributed by atoms with van der Waals surface area (Å²) in [7, 11) is 0. The number of amides is 1. The molecule has 0 fully saturated rings. The Balaban J connectivity index is 2.08. The van der Waals surface area contributed by atoms with Crippen LogP contribution in [0.2, 0.25) is 0 Å². The molecule has 0 saturated heterocycles. The predicted molar refractivity (Wildman–Crippen MR) is 62.7 cm³/mol. The van der Waals surface area contributed by atoms with E-state index in [-0.39, 0.29) is 5.91 Å². The number of rotatable bonds is 3. The van der Waals surface area contributed by atoms with E-state index in [1.54, 1.807) is 12.3 Å². The molecule has 0 spiro atoms. The molecule has 0 aromatic carbocycles. The molecule has 88 valence electrons. The van der Waals surface area contributed by atoms with Crippen molar-refractivity contribution >= 4 is 22.4 Å². The molecule has 1 unspecified atom stereocenters. The van der Waals surface area contributed by atoms with E-state index in [0.29, 0.717) is 16.4 Å². The normalized spacial score (nSPS) is 12.1. The fourth-order valence-electron chi connectivity index (χ4n) is 1.12. The molecule has 2 aromatic heterocycles. The van der Waals surface area contributed by atoms with Crippen LogP contribution in [0.1, 0.15) is 29.1 Å². The number of aliphatic hydroxyl groups is 1. The maximum absolute atomic E-state index is 11.7. The zero-order chi connectivity index (χ0) is 12.3. The highest BCUT2D eigenvalue weighted by atomic mass is 32.1. The van der Waals surface area contributed by atoms with Gasteiger partial charge in [0, 0.05) is 17.8 Å². The summed E-state index contributed by atoms with van der Waals surface area (Å²) in [6, 6.07) is 0. The third kappa shape index (κ3) is 2.83. The molecule has 2 aromatic rings. The Morgan fingerprint density at radius 1 is 1.47 bits per heavy atom. The van der Waals surface area contributed by atoms with Gasteiger partial charge in [-0.15, -0.1) is 11.3 Å². The van der Waals surface area contributed by atoms with Gasteiger partial charge >= 0.3 is 0 Å². The molecule has 17 heavy (non-hydrogen) atoms. The van der Waals surface area contributed by atoms with Crippen LogP contribution in [0.25, 0.3) is 0 Å². The molecule has 1 atom stereocenters. The van der Waals surface area contributed by atoms with E-state index in [2.05, 4.69) is 20.3 Å². The number of thiazole rings is 1. The van der Waals surface area contributed by atoms with E-state index in [1.807, 2.05) is 0 Å². The smallest absolute Gasteiger partial charge is 0.260 e. The number of carbonyl (C=O) groups is 1. The highest BCUT2D eigenvalue weighted by Crippen LogP contribution is 2.20. The third-order valence-corrected chi connectivity index (χ3v) is 2.77. The van der Waals surface area contributed by atoms with Gasteiger partial charge in [0.1, 0.15) is 6.33 Å². The summed E-state index contributed by atoms with van der Waals surface area (Å²) in [5, 5.41) is 14.0. The van der Waals surface area contributed by atoms with Gasteiger partial charge in [0.2, 0.25) is 0 Å². The lowest BCUT2D eigenvalue weighted by Crippen LogP contribution is -2.12. The Morgan fingerprint density at radius 3 is 2.76 bits per heavy atom. The fraction of sp³-hybridized carbons (Fsp3) is 0.200. The molecule has 2 rings (SSSR count). The lowest BCUT2D eigenvalue weighted by molar-refractivity contribution is 0.102. The van der Waals surface area contributed by atoms with Crippen molar-refractivity contribution in [1.29, 1.82) is 0 Å². The topological polar surface area (TPSA) is 88.0 Å². The molecule has 0 aliphatic carbocycles. The molecule has 1 amide bonds. The van der Waals surface area contributed by atoms with Gasteiger partial charge in [0.05, 0.1) is 17.4 Å². The first-order valence-corrected chi connectivity index (χ1v) is 5.74. The quantitative estimate of drug-likeness (QED) is 0.855. The van der Waals surface area contributed by atoms with Crippen LogP contribution >= 0.6 is 11.3 Å². The van der Waals surface area contributed by atoms with E-state index in [0.717, 1.165) is 0 Å². The minimum atomic E-state index is -0.642. The van der Waals surface area contributed by atoms with Gasteiger partial charge in [0.15, 0.2) is 5.13 Å². The van der Waals surface area contributed by atoms with Crippen molar-refractivity contribution in [3.05, 3.63) is 35.4 Å². The number of carbonyl (C=O) groups excluding carboxylic acids is 1. The maximum Gasteiger partial charge on any atom is 0.260 e. The number of aliphatic hydroxyl groups excluding tert-OH is 1. The van der Waals surface area contributed by atoms with Gasteiger partial charge in [-0.1, -0.05) is 0 Å². The van der Waals surface area contributed by atoms with Crippen LogP contribution in [0.3, 0.4) is 0 Å². The van der Waals surface area contributed by atoms with Crippen molar-refractivity contribution in [3.63, 3.8) is 0 Å². The summed E-state index contributed by atoms with van der Waals surface area (Å²) in [6.45, 7) is 1.62. The largest absolute Gasteiger partial charge is 0.387 e. The molecule has 2 heterocycles. The van der Waals surface area contributed by atoms with Crippen LogP contribution in [-0.4, -0.2) is 26.0 Å². The molecular weight excluding hydrogens is 240 g/mol. The van der Waals surface area contributed by atoms with Crippen LogP contribution in [0.5, 0.6) is 0 Å². The Hall–Kier alpha value is -1.86. The molecule has 2 N–H and O–H groups in total. The Kier molecular flexibility index (Phi) is 3.40. The first kappa shape index (κ1) is 11.6. The first-order valence-electron chi connectivity index (χ1n) is 4.86.